The molecule has 15 heavy (non-hydrogen) atoms. The Kier molecular flexibility index (Phi) is 3.82. The average molecular weight is 212 g/mol. The molecule has 0 aromatic carbocycles. The van der Waals surface area contributed by atoms with E-state index in [1.807, 2.05) is 6.92 Å². The number of anilines is 2. The molecule has 0 fully saturated rings. The van der Waals surface area contributed by atoms with Gasteiger partial charge in [-0.3, -0.25) is 0 Å². The molecule has 0 saturated carbocycles. The van der Waals surface area contributed by atoms with E-state index in [1.165, 1.54) is 0 Å². The van der Waals surface area contributed by atoms with Gasteiger partial charge in [0.2, 0.25) is 5.95 Å². The molecule has 84 valence electrons. The maximum absolute atomic E-state index is 13.3. The number of nitrogens with one attached hydrogen (secondary N) is 1. The summed E-state index contributed by atoms with van der Waals surface area (Å²) in [7, 11) is 0. The topological polar surface area (TPSA) is 63.8 Å². The summed E-state index contributed by atoms with van der Waals surface area (Å²) in [4.78, 5) is 7.39. The number of nitrogens with two attached hydrogens (primary N) is 1. The molecule has 1 unspecified atom stereocenters. The predicted molar refractivity (Wildman–Crippen MR) is 58.9 cm³/mol. The minimum atomic E-state index is -0.469. The van der Waals surface area contributed by atoms with E-state index in [2.05, 4.69) is 29.1 Å². The lowest BCUT2D eigenvalue weighted by Crippen LogP contribution is -2.26. The second-order valence-electron chi connectivity index (χ2n) is 3.83. The lowest BCUT2D eigenvalue weighted by atomic mass is 10.0. The monoisotopic (exact) mass is 212 g/mol. The number of rotatable bonds is 4. The highest BCUT2D eigenvalue weighted by molar-refractivity contribution is 5.40. The van der Waals surface area contributed by atoms with Crippen molar-refractivity contribution in [2.45, 2.75) is 33.2 Å². The molecule has 1 heterocycles. The molecule has 1 atom stereocenters. The fraction of sp³-hybridized carbons (Fsp3) is 0.600. The minimum absolute atomic E-state index is 0.0810. The van der Waals surface area contributed by atoms with Gasteiger partial charge < -0.3 is 11.1 Å². The largest absolute Gasteiger partial charge is 0.368 e. The van der Waals surface area contributed by atoms with Crippen molar-refractivity contribution in [1.82, 2.24) is 9.97 Å². The highest BCUT2D eigenvalue weighted by Gasteiger charge is 2.14. The van der Waals surface area contributed by atoms with Crippen molar-refractivity contribution < 1.29 is 4.39 Å². The van der Waals surface area contributed by atoms with Gasteiger partial charge in [0.1, 0.15) is 0 Å². The van der Waals surface area contributed by atoms with Gasteiger partial charge >= 0.3 is 0 Å². The Morgan fingerprint density at radius 1 is 1.53 bits per heavy atom. The van der Waals surface area contributed by atoms with Crippen molar-refractivity contribution >= 4 is 11.8 Å². The van der Waals surface area contributed by atoms with E-state index in [1.54, 1.807) is 0 Å². The highest BCUT2D eigenvalue weighted by atomic mass is 19.1. The first-order chi connectivity index (χ1) is 7.04. The Morgan fingerprint density at radius 2 is 2.20 bits per heavy atom. The van der Waals surface area contributed by atoms with Crippen molar-refractivity contribution in [3.05, 3.63) is 12.0 Å². The molecule has 5 heteroatoms. The van der Waals surface area contributed by atoms with E-state index in [0.717, 1.165) is 12.6 Å². The molecule has 0 saturated heterocycles. The van der Waals surface area contributed by atoms with Gasteiger partial charge in [-0.1, -0.05) is 20.8 Å². The van der Waals surface area contributed by atoms with Crippen LogP contribution in [-0.2, 0) is 0 Å². The van der Waals surface area contributed by atoms with Crippen molar-refractivity contribution in [1.29, 1.82) is 0 Å². The normalized spacial score (nSPS) is 12.9. The summed E-state index contributed by atoms with van der Waals surface area (Å²) in [5, 5.41) is 3.03. The average Bonchev–Trinajstić information content (AvgIpc) is 2.18. The van der Waals surface area contributed by atoms with Gasteiger partial charge in [0.05, 0.1) is 6.20 Å². The van der Waals surface area contributed by atoms with E-state index < -0.39 is 5.82 Å². The molecule has 4 nitrogen and oxygen atoms in total. The number of nitrogens with zero attached hydrogens (tertiary/aromatic N) is 2. The zero-order valence-electron chi connectivity index (χ0n) is 9.29. The van der Waals surface area contributed by atoms with Crippen LogP contribution in [0.2, 0.25) is 0 Å². The Labute approximate surface area is 89.1 Å². The highest BCUT2D eigenvalue weighted by Crippen LogP contribution is 2.16. The van der Waals surface area contributed by atoms with E-state index >= 15 is 0 Å². The molecular weight excluding hydrogens is 195 g/mol. The van der Waals surface area contributed by atoms with Crippen LogP contribution in [0.15, 0.2) is 6.20 Å². The van der Waals surface area contributed by atoms with E-state index in [9.17, 15) is 4.39 Å². The molecular formula is C10H17FN4. The zero-order valence-corrected chi connectivity index (χ0v) is 9.29. The number of aromatic nitrogens is 2. The molecule has 1 rings (SSSR count). The van der Waals surface area contributed by atoms with Crippen LogP contribution in [0.5, 0.6) is 0 Å². The first kappa shape index (κ1) is 11.7. The summed E-state index contributed by atoms with van der Waals surface area (Å²) in [6.07, 6.45) is 1.98. The van der Waals surface area contributed by atoms with E-state index in [-0.39, 0.29) is 17.8 Å². The predicted octanol–water partition coefficient (Wildman–Crippen LogP) is 2.04. The SMILES string of the molecule is CCC(Nc1nc(N)ncc1F)C(C)C. The number of hydrogen-bond acceptors (Lipinski definition) is 4. The van der Waals surface area contributed by atoms with Gasteiger partial charge in [0, 0.05) is 6.04 Å². The first-order valence-corrected chi connectivity index (χ1v) is 5.09. The van der Waals surface area contributed by atoms with E-state index in [0.29, 0.717) is 5.92 Å². The Balaban J connectivity index is 2.82. The maximum Gasteiger partial charge on any atom is 0.222 e. The molecule has 0 aliphatic carbocycles. The van der Waals surface area contributed by atoms with Crippen LogP contribution in [0.25, 0.3) is 0 Å². The second-order valence-corrected chi connectivity index (χ2v) is 3.83. The molecule has 0 spiro atoms. The summed E-state index contributed by atoms with van der Waals surface area (Å²) in [5.41, 5.74) is 5.39. The molecule has 3 N–H and O–H groups in total. The fourth-order valence-corrected chi connectivity index (χ4v) is 1.40. The molecule has 1 aromatic heterocycles. The molecule has 0 amide bonds. The second kappa shape index (κ2) is 4.91. The van der Waals surface area contributed by atoms with Crippen molar-refractivity contribution in [3.63, 3.8) is 0 Å². The van der Waals surface area contributed by atoms with Gasteiger partial charge in [-0.25, -0.2) is 9.37 Å². The lowest BCUT2D eigenvalue weighted by Gasteiger charge is -2.21. The van der Waals surface area contributed by atoms with Crippen molar-refractivity contribution in [2.24, 2.45) is 5.92 Å². The number of hydrogen-bond donors (Lipinski definition) is 2. The third kappa shape index (κ3) is 3.04. The Morgan fingerprint density at radius 3 is 2.73 bits per heavy atom. The smallest absolute Gasteiger partial charge is 0.222 e. The van der Waals surface area contributed by atoms with Gasteiger partial charge in [0.15, 0.2) is 11.6 Å². The molecule has 0 radical (unpaired) electrons. The van der Waals surface area contributed by atoms with E-state index in [4.69, 9.17) is 5.73 Å². The fourth-order valence-electron chi connectivity index (χ4n) is 1.40. The summed E-state index contributed by atoms with van der Waals surface area (Å²) >= 11 is 0. The first-order valence-electron chi connectivity index (χ1n) is 5.09. The summed E-state index contributed by atoms with van der Waals surface area (Å²) in [5.74, 6) is 0.203. The van der Waals surface area contributed by atoms with Crippen LogP contribution < -0.4 is 11.1 Å². The van der Waals surface area contributed by atoms with Crippen LogP contribution in [-0.4, -0.2) is 16.0 Å². The summed E-state index contributed by atoms with van der Waals surface area (Å²) in [6.45, 7) is 6.19. The van der Waals surface area contributed by atoms with Crippen LogP contribution in [0, 0.1) is 11.7 Å². The number of halogens is 1. The summed E-state index contributed by atoms with van der Waals surface area (Å²) < 4.78 is 13.3. The quantitative estimate of drug-likeness (QED) is 0.801. The maximum atomic E-state index is 13.3. The summed E-state index contributed by atoms with van der Waals surface area (Å²) in [6, 6.07) is 0.189. The van der Waals surface area contributed by atoms with Gasteiger partial charge in [-0.05, 0) is 12.3 Å². The van der Waals surface area contributed by atoms with Crippen molar-refractivity contribution in [3.8, 4) is 0 Å². The van der Waals surface area contributed by atoms with Crippen LogP contribution in [0.1, 0.15) is 27.2 Å². The molecule has 0 aliphatic heterocycles. The molecule has 0 aliphatic rings. The molecule has 1 aromatic rings. The number of nitrogen functional groups attached to an aromatic ring is 1. The lowest BCUT2D eigenvalue weighted by molar-refractivity contribution is 0.504. The minimum Gasteiger partial charge on any atom is -0.368 e. The van der Waals surface area contributed by atoms with Crippen molar-refractivity contribution in [2.75, 3.05) is 11.1 Å². The van der Waals surface area contributed by atoms with Crippen LogP contribution in [0.3, 0.4) is 0 Å². The third-order valence-electron chi connectivity index (χ3n) is 2.33. The van der Waals surface area contributed by atoms with Crippen LogP contribution >= 0.6 is 0 Å². The van der Waals surface area contributed by atoms with Gasteiger partial charge in [0.25, 0.3) is 0 Å². The Hall–Kier alpha value is -1.39. The van der Waals surface area contributed by atoms with Gasteiger partial charge in [-0.2, -0.15) is 4.98 Å². The Bertz CT molecular complexity index is 327. The standard InChI is InChI=1S/C10H17FN4/c1-4-8(6(2)3)14-9-7(11)5-13-10(12)15-9/h5-6,8H,4H2,1-3H3,(H3,12,13,14,15). The molecule has 0 bridgehead atoms. The van der Waals surface area contributed by atoms with Crippen LogP contribution in [0.4, 0.5) is 16.2 Å². The third-order valence-corrected chi connectivity index (χ3v) is 2.33. The van der Waals surface area contributed by atoms with Gasteiger partial charge in [-0.15, -0.1) is 0 Å². The zero-order chi connectivity index (χ0) is 11.4.